The lowest BCUT2D eigenvalue weighted by Gasteiger charge is -2.12. The van der Waals surface area contributed by atoms with E-state index in [9.17, 15) is 8.42 Å². The van der Waals surface area contributed by atoms with Crippen LogP contribution in [0.25, 0.3) is 0 Å². The van der Waals surface area contributed by atoms with Crippen molar-refractivity contribution in [3.8, 4) is 0 Å². The van der Waals surface area contributed by atoms with Gasteiger partial charge in [0, 0.05) is 12.2 Å². The van der Waals surface area contributed by atoms with E-state index >= 15 is 0 Å². The van der Waals surface area contributed by atoms with Crippen molar-refractivity contribution >= 4 is 44.6 Å². The molecule has 0 saturated carbocycles. The Morgan fingerprint density at radius 3 is 2.52 bits per heavy atom. The summed E-state index contributed by atoms with van der Waals surface area (Å²) in [5.41, 5.74) is 2.16. The Hall–Kier alpha value is -1.43. The van der Waals surface area contributed by atoms with Crippen molar-refractivity contribution in [2.75, 3.05) is 16.6 Å². The predicted octanol–water partition coefficient (Wildman–Crippen LogP) is 3.76. The Morgan fingerprint density at radius 2 is 1.81 bits per heavy atom. The largest absolute Gasteiger partial charge is 0.384 e. The monoisotopic (exact) mass is 342 g/mol. The van der Waals surface area contributed by atoms with Crippen molar-refractivity contribution in [1.82, 2.24) is 0 Å². The Kier molecular flexibility index (Phi) is 3.73. The molecule has 0 atom stereocenters. The van der Waals surface area contributed by atoms with Crippen LogP contribution < -0.4 is 10.0 Å². The summed E-state index contributed by atoms with van der Waals surface area (Å²) in [5.74, 6) is 0. The quantitative estimate of drug-likeness (QED) is 0.892. The number of halogens is 2. The molecule has 0 amide bonds. The summed E-state index contributed by atoms with van der Waals surface area (Å²) in [5, 5.41) is 3.71. The number of nitrogens with one attached hydrogen (secondary N) is 2. The molecule has 2 aromatic carbocycles. The summed E-state index contributed by atoms with van der Waals surface area (Å²) in [7, 11) is -3.73. The Balaban J connectivity index is 1.98. The molecule has 0 spiro atoms. The Labute approximate surface area is 133 Å². The van der Waals surface area contributed by atoms with Gasteiger partial charge < -0.3 is 5.32 Å². The third-order valence-corrected chi connectivity index (χ3v) is 5.27. The van der Waals surface area contributed by atoms with Crippen molar-refractivity contribution in [3.05, 3.63) is 52.0 Å². The fourth-order valence-corrected chi connectivity index (χ4v) is 3.99. The minimum absolute atomic E-state index is 0.194. The molecular weight excluding hydrogens is 331 g/mol. The number of rotatable bonds is 3. The van der Waals surface area contributed by atoms with Crippen LogP contribution in [-0.2, 0) is 16.4 Å². The zero-order valence-electron chi connectivity index (χ0n) is 10.9. The summed E-state index contributed by atoms with van der Waals surface area (Å²) < 4.78 is 27.4. The van der Waals surface area contributed by atoms with E-state index in [0.29, 0.717) is 0 Å². The molecular formula is C14H12Cl2N2O2S. The zero-order valence-corrected chi connectivity index (χ0v) is 13.2. The maximum atomic E-state index is 12.5. The average molecular weight is 343 g/mol. The topological polar surface area (TPSA) is 58.2 Å². The van der Waals surface area contributed by atoms with Gasteiger partial charge in [-0.15, -0.1) is 0 Å². The van der Waals surface area contributed by atoms with Crippen molar-refractivity contribution in [2.24, 2.45) is 0 Å². The van der Waals surface area contributed by atoms with Crippen molar-refractivity contribution in [2.45, 2.75) is 11.3 Å². The lowest BCUT2D eigenvalue weighted by molar-refractivity contribution is 0.601. The number of hydrogen-bond donors (Lipinski definition) is 2. The summed E-state index contributed by atoms with van der Waals surface area (Å²) in [6.45, 7) is 0.822. The summed E-state index contributed by atoms with van der Waals surface area (Å²) >= 11 is 12.0. The van der Waals surface area contributed by atoms with Crippen LogP contribution in [0.2, 0.25) is 10.0 Å². The molecule has 3 rings (SSSR count). The molecule has 1 heterocycles. The van der Waals surface area contributed by atoms with Gasteiger partial charge >= 0.3 is 0 Å². The molecule has 21 heavy (non-hydrogen) atoms. The smallest absolute Gasteiger partial charge is 0.261 e. The molecule has 0 aliphatic carbocycles. The van der Waals surface area contributed by atoms with Gasteiger partial charge in [0.2, 0.25) is 0 Å². The molecule has 1 aliphatic heterocycles. The van der Waals surface area contributed by atoms with E-state index < -0.39 is 10.0 Å². The first-order chi connectivity index (χ1) is 9.97. The van der Waals surface area contributed by atoms with Gasteiger partial charge in [-0.3, -0.25) is 4.72 Å². The first-order valence-electron chi connectivity index (χ1n) is 6.31. The van der Waals surface area contributed by atoms with Crippen LogP contribution in [0.15, 0.2) is 41.3 Å². The lowest BCUT2D eigenvalue weighted by atomic mass is 10.2. The van der Waals surface area contributed by atoms with E-state index in [-0.39, 0.29) is 20.6 Å². The molecule has 4 nitrogen and oxygen atoms in total. The number of hydrogen-bond acceptors (Lipinski definition) is 3. The van der Waals surface area contributed by atoms with Gasteiger partial charge in [0.25, 0.3) is 10.0 Å². The highest BCUT2D eigenvalue weighted by Gasteiger charge is 2.20. The van der Waals surface area contributed by atoms with E-state index in [1.807, 2.05) is 0 Å². The minimum atomic E-state index is -3.73. The maximum Gasteiger partial charge on any atom is 0.261 e. The van der Waals surface area contributed by atoms with Crippen LogP contribution in [0.1, 0.15) is 5.56 Å². The number of fused-ring (bicyclic) bond motifs is 1. The fourth-order valence-electron chi connectivity index (χ4n) is 2.24. The highest BCUT2D eigenvalue weighted by atomic mass is 35.5. The van der Waals surface area contributed by atoms with Gasteiger partial charge in [-0.2, -0.15) is 0 Å². The van der Waals surface area contributed by atoms with Crippen LogP contribution in [0.5, 0.6) is 0 Å². The maximum absolute atomic E-state index is 12.5. The van der Waals surface area contributed by atoms with Crippen LogP contribution >= 0.6 is 23.2 Å². The van der Waals surface area contributed by atoms with Crippen molar-refractivity contribution < 1.29 is 8.42 Å². The van der Waals surface area contributed by atoms with E-state index in [4.69, 9.17) is 23.2 Å². The molecule has 0 unspecified atom stereocenters. The second-order valence-electron chi connectivity index (χ2n) is 4.70. The average Bonchev–Trinajstić information content (AvgIpc) is 2.90. The minimum Gasteiger partial charge on any atom is -0.384 e. The highest BCUT2D eigenvalue weighted by molar-refractivity contribution is 7.92. The standard InChI is InChI=1S/C14H12Cl2N2O2S/c15-11-2-1-3-12(16)14(11)18-21(19,20)10-4-5-13-9(8-10)6-7-17-13/h1-5,8,17-18H,6-7H2. The van der Waals surface area contributed by atoms with Gasteiger partial charge in [-0.25, -0.2) is 8.42 Å². The summed E-state index contributed by atoms with van der Waals surface area (Å²) in [4.78, 5) is 0.195. The third-order valence-electron chi connectivity index (χ3n) is 3.30. The SMILES string of the molecule is O=S(=O)(Nc1c(Cl)cccc1Cl)c1ccc2c(c1)CCN2. The second-order valence-corrected chi connectivity index (χ2v) is 7.19. The lowest BCUT2D eigenvalue weighted by Crippen LogP contribution is -2.13. The Bertz CT molecular complexity index is 786. The number of sulfonamides is 1. The molecule has 0 saturated heterocycles. The molecule has 110 valence electrons. The third kappa shape index (κ3) is 2.81. The van der Waals surface area contributed by atoms with E-state index in [2.05, 4.69) is 10.0 Å². The van der Waals surface area contributed by atoms with Crippen LogP contribution in [-0.4, -0.2) is 15.0 Å². The molecule has 7 heteroatoms. The van der Waals surface area contributed by atoms with E-state index in [0.717, 1.165) is 24.2 Å². The molecule has 1 aliphatic rings. The van der Waals surface area contributed by atoms with Crippen molar-refractivity contribution in [1.29, 1.82) is 0 Å². The van der Waals surface area contributed by atoms with Crippen LogP contribution in [0.4, 0.5) is 11.4 Å². The molecule has 2 N–H and O–H groups in total. The molecule has 2 aromatic rings. The van der Waals surface area contributed by atoms with Gasteiger partial charge in [0.1, 0.15) is 0 Å². The summed E-state index contributed by atoms with van der Waals surface area (Å²) in [6, 6.07) is 9.82. The number of para-hydroxylation sites is 1. The van der Waals surface area contributed by atoms with Crippen molar-refractivity contribution in [3.63, 3.8) is 0 Å². The molecule has 0 bridgehead atoms. The highest BCUT2D eigenvalue weighted by Crippen LogP contribution is 2.32. The molecule has 0 aromatic heterocycles. The van der Waals surface area contributed by atoms with Crippen LogP contribution in [0, 0.1) is 0 Å². The van der Waals surface area contributed by atoms with Gasteiger partial charge in [0.05, 0.1) is 20.6 Å². The first-order valence-corrected chi connectivity index (χ1v) is 8.55. The van der Waals surface area contributed by atoms with E-state index in [1.165, 1.54) is 0 Å². The molecule has 0 fully saturated rings. The number of anilines is 2. The predicted molar refractivity (Wildman–Crippen MR) is 85.9 cm³/mol. The van der Waals surface area contributed by atoms with Crippen LogP contribution in [0.3, 0.4) is 0 Å². The number of benzene rings is 2. The molecule has 0 radical (unpaired) electrons. The first kappa shape index (κ1) is 14.5. The Morgan fingerprint density at radius 1 is 1.10 bits per heavy atom. The fraction of sp³-hybridized carbons (Fsp3) is 0.143. The van der Waals surface area contributed by atoms with E-state index in [1.54, 1.807) is 36.4 Å². The zero-order chi connectivity index (χ0) is 15.0. The normalized spacial score (nSPS) is 13.6. The van der Waals surface area contributed by atoms with Gasteiger partial charge in [-0.05, 0) is 42.3 Å². The van der Waals surface area contributed by atoms with Gasteiger partial charge in [0.15, 0.2) is 0 Å². The second kappa shape index (κ2) is 5.40. The summed E-state index contributed by atoms with van der Waals surface area (Å²) in [6.07, 6.45) is 0.811. The van der Waals surface area contributed by atoms with Gasteiger partial charge in [-0.1, -0.05) is 29.3 Å².